The Bertz CT molecular complexity index is 884. The van der Waals surface area contributed by atoms with Gasteiger partial charge in [0.25, 0.3) is 0 Å². The van der Waals surface area contributed by atoms with Gasteiger partial charge in [0.15, 0.2) is 0 Å². The summed E-state index contributed by atoms with van der Waals surface area (Å²) in [5.74, 6) is 1.11. The van der Waals surface area contributed by atoms with Crippen LogP contribution in [-0.4, -0.2) is 66.0 Å². The fourth-order valence-corrected chi connectivity index (χ4v) is 4.39. The summed E-state index contributed by atoms with van der Waals surface area (Å²) in [5, 5.41) is 10.4. The van der Waals surface area contributed by atoms with Gasteiger partial charge in [-0.25, -0.2) is 4.98 Å². The fourth-order valence-electron chi connectivity index (χ4n) is 4.39. The van der Waals surface area contributed by atoms with E-state index >= 15 is 0 Å². The largest absolute Gasteiger partial charge is 0.357 e. The van der Waals surface area contributed by atoms with Crippen molar-refractivity contribution in [2.45, 2.75) is 37.8 Å². The zero-order valence-electron chi connectivity index (χ0n) is 16.4. The highest BCUT2D eigenvalue weighted by Crippen LogP contribution is 2.23. The van der Waals surface area contributed by atoms with Gasteiger partial charge in [-0.2, -0.15) is 5.26 Å². The molecule has 2 saturated heterocycles. The number of benzene rings is 1. The van der Waals surface area contributed by atoms with E-state index in [2.05, 4.69) is 41.1 Å². The van der Waals surface area contributed by atoms with Gasteiger partial charge in [-0.3, -0.25) is 9.69 Å². The minimum atomic E-state index is -0.227. The second-order valence-corrected chi connectivity index (χ2v) is 7.85. The molecule has 2 aliphatic heterocycles. The summed E-state index contributed by atoms with van der Waals surface area (Å²) >= 11 is 0. The molecule has 0 aliphatic carbocycles. The van der Waals surface area contributed by atoms with Crippen molar-refractivity contribution in [2.24, 2.45) is 0 Å². The molecule has 0 saturated carbocycles. The summed E-state index contributed by atoms with van der Waals surface area (Å²) in [7, 11) is 2.12. The predicted octanol–water partition coefficient (Wildman–Crippen LogP) is 2.65. The number of hydrogen-bond donors (Lipinski definition) is 0. The van der Waals surface area contributed by atoms with Crippen molar-refractivity contribution in [3.8, 4) is 6.07 Å². The Balaban J connectivity index is 1.33. The van der Waals surface area contributed by atoms with E-state index in [9.17, 15) is 10.1 Å². The molecular formula is C22H27N5O. The van der Waals surface area contributed by atoms with Crippen LogP contribution in [0.2, 0.25) is 0 Å². The molecule has 1 amide bonds. The van der Waals surface area contributed by atoms with Gasteiger partial charge in [0.2, 0.25) is 5.91 Å². The van der Waals surface area contributed by atoms with Crippen molar-refractivity contribution in [1.29, 1.82) is 5.26 Å². The van der Waals surface area contributed by atoms with Crippen molar-refractivity contribution in [1.82, 2.24) is 14.8 Å². The van der Waals surface area contributed by atoms with E-state index in [4.69, 9.17) is 4.98 Å². The second-order valence-electron chi connectivity index (χ2n) is 7.85. The van der Waals surface area contributed by atoms with Crippen LogP contribution in [0.3, 0.4) is 0 Å². The number of para-hydroxylation sites is 1. The van der Waals surface area contributed by atoms with Crippen LogP contribution >= 0.6 is 0 Å². The third kappa shape index (κ3) is 3.81. The number of fused-ring (bicyclic) bond motifs is 1. The molecule has 146 valence electrons. The van der Waals surface area contributed by atoms with Crippen LogP contribution in [0.1, 0.15) is 25.7 Å². The molecule has 2 aliphatic rings. The van der Waals surface area contributed by atoms with Crippen molar-refractivity contribution < 1.29 is 4.79 Å². The first kappa shape index (κ1) is 18.7. The van der Waals surface area contributed by atoms with E-state index in [1.165, 1.54) is 0 Å². The molecule has 6 heteroatoms. The smallest absolute Gasteiger partial charge is 0.237 e. The highest BCUT2D eigenvalue weighted by atomic mass is 16.2. The first-order valence-corrected chi connectivity index (χ1v) is 10.2. The van der Waals surface area contributed by atoms with Gasteiger partial charge < -0.3 is 9.80 Å². The normalized spacial score (nSPS) is 21.0. The first-order valence-electron chi connectivity index (χ1n) is 10.2. The van der Waals surface area contributed by atoms with E-state index in [0.29, 0.717) is 12.6 Å². The lowest BCUT2D eigenvalue weighted by atomic mass is 10.0. The van der Waals surface area contributed by atoms with Crippen molar-refractivity contribution in [2.75, 3.05) is 38.1 Å². The number of likely N-dealkylation sites (tertiary alicyclic amines) is 2. The molecule has 0 N–H and O–H groups in total. The number of rotatable bonds is 4. The highest BCUT2D eigenvalue weighted by molar-refractivity contribution is 5.80. The van der Waals surface area contributed by atoms with E-state index in [1.54, 1.807) is 4.90 Å². The third-order valence-electron chi connectivity index (χ3n) is 6.13. The lowest BCUT2D eigenvalue weighted by Gasteiger charge is -2.37. The Labute approximate surface area is 166 Å². The zero-order valence-corrected chi connectivity index (χ0v) is 16.4. The Morgan fingerprint density at radius 2 is 1.96 bits per heavy atom. The predicted molar refractivity (Wildman–Crippen MR) is 110 cm³/mol. The van der Waals surface area contributed by atoms with Gasteiger partial charge in [0.05, 0.1) is 18.1 Å². The molecule has 1 aromatic carbocycles. The van der Waals surface area contributed by atoms with Crippen LogP contribution in [0, 0.1) is 11.3 Å². The topological polar surface area (TPSA) is 63.5 Å². The van der Waals surface area contributed by atoms with Crippen molar-refractivity contribution in [3.63, 3.8) is 0 Å². The van der Waals surface area contributed by atoms with Crippen LogP contribution in [-0.2, 0) is 4.79 Å². The van der Waals surface area contributed by atoms with Crippen LogP contribution in [0.15, 0.2) is 36.4 Å². The molecule has 2 fully saturated rings. The van der Waals surface area contributed by atoms with E-state index in [1.807, 2.05) is 18.2 Å². The first-order chi connectivity index (χ1) is 13.7. The quantitative estimate of drug-likeness (QED) is 0.820. The van der Waals surface area contributed by atoms with Gasteiger partial charge in [0.1, 0.15) is 11.9 Å². The summed E-state index contributed by atoms with van der Waals surface area (Å²) in [5.41, 5.74) is 1.02. The number of nitriles is 1. The van der Waals surface area contributed by atoms with E-state index < -0.39 is 0 Å². The monoisotopic (exact) mass is 377 g/mol. The van der Waals surface area contributed by atoms with Crippen LogP contribution in [0.25, 0.3) is 10.9 Å². The van der Waals surface area contributed by atoms with Crippen LogP contribution < -0.4 is 4.90 Å². The Kier molecular flexibility index (Phi) is 5.45. The van der Waals surface area contributed by atoms with Gasteiger partial charge in [-0.05, 0) is 43.9 Å². The molecule has 1 aromatic heterocycles. The number of piperidine rings is 1. The maximum absolute atomic E-state index is 12.6. The summed E-state index contributed by atoms with van der Waals surface area (Å²) in [6.45, 7) is 2.96. The molecule has 0 bridgehead atoms. The van der Waals surface area contributed by atoms with E-state index in [-0.39, 0.29) is 11.9 Å². The molecule has 28 heavy (non-hydrogen) atoms. The number of pyridine rings is 1. The average molecular weight is 377 g/mol. The number of nitrogens with zero attached hydrogens (tertiary/aromatic N) is 5. The molecule has 0 unspecified atom stereocenters. The molecule has 1 atom stereocenters. The molecule has 6 nitrogen and oxygen atoms in total. The number of carbonyl (C=O) groups is 1. The summed E-state index contributed by atoms with van der Waals surface area (Å²) in [4.78, 5) is 23.6. The van der Waals surface area contributed by atoms with Gasteiger partial charge in [-0.1, -0.05) is 18.2 Å². The van der Waals surface area contributed by atoms with Crippen molar-refractivity contribution >= 4 is 22.6 Å². The van der Waals surface area contributed by atoms with Gasteiger partial charge in [-0.15, -0.1) is 0 Å². The lowest BCUT2D eigenvalue weighted by Crippen LogP contribution is -2.48. The summed E-state index contributed by atoms with van der Waals surface area (Å²) in [6, 6.07) is 14.9. The Morgan fingerprint density at radius 3 is 2.75 bits per heavy atom. The van der Waals surface area contributed by atoms with E-state index in [0.717, 1.165) is 62.0 Å². The number of aromatic nitrogens is 1. The minimum absolute atomic E-state index is 0.104. The molecule has 0 spiro atoms. The lowest BCUT2D eigenvalue weighted by molar-refractivity contribution is -0.132. The molecule has 2 aromatic rings. The number of amides is 1. The summed E-state index contributed by atoms with van der Waals surface area (Å²) in [6.07, 6.45) is 3.78. The fraction of sp³-hybridized carbons (Fsp3) is 0.500. The number of hydrogen-bond acceptors (Lipinski definition) is 5. The Morgan fingerprint density at radius 1 is 1.18 bits per heavy atom. The minimum Gasteiger partial charge on any atom is -0.357 e. The van der Waals surface area contributed by atoms with Gasteiger partial charge in [0, 0.05) is 38.1 Å². The zero-order chi connectivity index (χ0) is 19.5. The third-order valence-corrected chi connectivity index (χ3v) is 6.13. The van der Waals surface area contributed by atoms with Crippen molar-refractivity contribution in [3.05, 3.63) is 36.4 Å². The highest BCUT2D eigenvalue weighted by Gasteiger charge is 2.31. The SMILES string of the molecule is CN(c1ccc2ccccc2n1)C1CCN(CC(=O)N2CCC[C@H]2C#N)CC1. The molecular weight excluding hydrogens is 350 g/mol. The van der Waals surface area contributed by atoms with Gasteiger partial charge >= 0.3 is 0 Å². The molecule has 0 radical (unpaired) electrons. The van der Waals surface area contributed by atoms with Crippen LogP contribution in [0.4, 0.5) is 5.82 Å². The van der Waals surface area contributed by atoms with Crippen LogP contribution in [0.5, 0.6) is 0 Å². The maximum Gasteiger partial charge on any atom is 0.237 e. The molecule has 3 heterocycles. The number of anilines is 1. The Hall–Kier alpha value is -2.65. The average Bonchev–Trinajstić information content (AvgIpc) is 3.22. The number of carbonyl (C=O) groups excluding carboxylic acids is 1. The standard InChI is InChI=1S/C22H27N5O/c1-25(21-9-8-17-5-2-3-7-20(17)24-21)18-10-13-26(14-11-18)16-22(28)27-12-4-6-19(27)15-23/h2-3,5,7-9,18-19H,4,6,10-14,16H2,1H3/t19-/m0/s1. The maximum atomic E-state index is 12.6. The summed E-state index contributed by atoms with van der Waals surface area (Å²) < 4.78 is 0. The second kappa shape index (κ2) is 8.15. The molecule has 4 rings (SSSR count).